The van der Waals surface area contributed by atoms with Gasteiger partial charge < -0.3 is 0 Å². The van der Waals surface area contributed by atoms with Crippen LogP contribution in [0.25, 0.3) is 0 Å². The molecule has 2 rings (SSSR count). The molecule has 1 fully saturated rings. The summed E-state index contributed by atoms with van der Waals surface area (Å²) in [6.07, 6.45) is 5.17. The molecule has 0 saturated heterocycles. The Morgan fingerprint density at radius 1 is 1.19 bits per heavy atom. The van der Waals surface area contributed by atoms with Gasteiger partial charge in [0.2, 0.25) is 10.0 Å². The zero-order valence-corrected chi connectivity index (χ0v) is 13.8. The third-order valence-electron chi connectivity index (χ3n) is 4.43. The van der Waals surface area contributed by atoms with E-state index in [0.29, 0.717) is 17.0 Å². The first-order valence-corrected chi connectivity index (χ1v) is 9.12. The molecule has 0 radical (unpaired) electrons. The van der Waals surface area contributed by atoms with Gasteiger partial charge in [-0.25, -0.2) is 17.5 Å². The van der Waals surface area contributed by atoms with Crippen LogP contribution in [0, 0.1) is 25.6 Å². The van der Waals surface area contributed by atoms with Crippen molar-refractivity contribution in [1.82, 2.24) is 4.72 Å². The molecule has 2 unspecified atom stereocenters. The molecule has 118 valence electrons. The fourth-order valence-electron chi connectivity index (χ4n) is 3.43. The lowest BCUT2D eigenvalue weighted by atomic mass is 9.83. The minimum absolute atomic E-state index is 0.00222. The zero-order valence-electron chi connectivity index (χ0n) is 12.9. The Labute approximate surface area is 127 Å². The number of nitrogens with one attached hydrogen (secondary N) is 1. The van der Waals surface area contributed by atoms with E-state index in [-0.39, 0.29) is 10.9 Å². The molecule has 0 aromatic heterocycles. The van der Waals surface area contributed by atoms with Crippen LogP contribution < -0.4 is 4.72 Å². The van der Waals surface area contributed by atoms with E-state index in [2.05, 4.69) is 11.6 Å². The monoisotopic (exact) mass is 313 g/mol. The molecule has 0 spiro atoms. The van der Waals surface area contributed by atoms with Crippen molar-refractivity contribution in [3.63, 3.8) is 0 Å². The first-order chi connectivity index (χ1) is 9.85. The normalized spacial score (nSPS) is 23.2. The number of hydrogen-bond donors (Lipinski definition) is 1. The maximum Gasteiger partial charge on any atom is 0.241 e. The fourth-order valence-corrected chi connectivity index (χ4v) is 5.22. The van der Waals surface area contributed by atoms with Gasteiger partial charge in [0.1, 0.15) is 5.82 Å². The molecule has 2 atom stereocenters. The van der Waals surface area contributed by atoms with E-state index in [9.17, 15) is 12.8 Å². The van der Waals surface area contributed by atoms with E-state index in [1.54, 1.807) is 13.8 Å². The molecule has 5 heteroatoms. The average Bonchev–Trinajstić information content (AvgIpc) is 2.37. The van der Waals surface area contributed by atoms with E-state index >= 15 is 0 Å². The summed E-state index contributed by atoms with van der Waals surface area (Å²) in [6, 6.07) is 2.55. The molecule has 0 heterocycles. The second kappa shape index (κ2) is 6.44. The molecule has 1 saturated carbocycles. The van der Waals surface area contributed by atoms with Crippen molar-refractivity contribution in [2.45, 2.75) is 63.8 Å². The standard InChI is InChI=1S/C16H24FNO2S/c1-4-13-7-5-6-8-15(13)18-21(19,20)16-11(2)9-14(17)10-12(16)3/h9-10,13,15,18H,4-8H2,1-3H3. The highest BCUT2D eigenvalue weighted by molar-refractivity contribution is 7.89. The van der Waals surface area contributed by atoms with Crippen molar-refractivity contribution in [3.05, 3.63) is 29.1 Å². The van der Waals surface area contributed by atoms with Crippen molar-refractivity contribution >= 4 is 10.0 Å². The summed E-state index contributed by atoms with van der Waals surface area (Å²) >= 11 is 0. The van der Waals surface area contributed by atoms with Gasteiger partial charge in [-0.15, -0.1) is 0 Å². The summed E-state index contributed by atoms with van der Waals surface area (Å²) in [5.74, 6) is 0.00244. The lowest BCUT2D eigenvalue weighted by molar-refractivity contribution is 0.282. The van der Waals surface area contributed by atoms with Gasteiger partial charge in [-0.05, 0) is 55.9 Å². The molecular formula is C16H24FNO2S. The van der Waals surface area contributed by atoms with Crippen LogP contribution in [-0.2, 0) is 10.0 Å². The second-order valence-electron chi connectivity index (χ2n) is 6.05. The topological polar surface area (TPSA) is 46.2 Å². The summed E-state index contributed by atoms with van der Waals surface area (Å²) in [5, 5.41) is 0. The molecule has 0 bridgehead atoms. The Morgan fingerprint density at radius 2 is 1.76 bits per heavy atom. The van der Waals surface area contributed by atoms with Crippen LogP contribution in [0.2, 0.25) is 0 Å². The van der Waals surface area contributed by atoms with E-state index < -0.39 is 15.8 Å². The maximum atomic E-state index is 13.4. The molecular weight excluding hydrogens is 289 g/mol. The fraction of sp³-hybridized carbons (Fsp3) is 0.625. The van der Waals surface area contributed by atoms with Gasteiger partial charge in [-0.1, -0.05) is 26.2 Å². The lowest BCUT2D eigenvalue weighted by Gasteiger charge is -2.31. The third-order valence-corrected chi connectivity index (χ3v) is 6.23. The summed E-state index contributed by atoms with van der Waals surface area (Å²) in [5.41, 5.74) is 0.924. The van der Waals surface area contributed by atoms with E-state index in [4.69, 9.17) is 0 Å². The Hall–Kier alpha value is -0.940. The Kier molecular flexibility index (Phi) is 5.04. The molecule has 1 N–H and O–H groups in total. The number of hydrogen-bond acceptors (Lipinski definition) is 2. The van der Waals surface area contributed by atoms with E-state index in [1.165, 1.54) is 18.6 Å². The van der Waals surface area contributed by atoms with Crippen LogP contribution in [-0.4, -0.2) is 14.5 Å². The molecule has 0 amide bonds. The van der Waals surface area contributed by atoms with Crippen molar-refractivity contribution in [2.75, 3.05) is 0 Å². The third kappa shape index (κ3) is 3.64. The zero-order chi connectivity index (χ0) is 15.6. The van der Waals surface area contributed by atoms with Crippen LogP contribution in [0.3, 0.4) is 0 Å². The van der Waals surface area contributed by atoms with Crippen molar-refractivity contribution < 1.29 is 12.8 Å². The Morgan fingerprint density at radius 3 is 2.33 bits per heavy atom. The highest BCUT2D eigenvalue weighted by Gasteiger charge is 2.30. The van der Waals surface area contributed by atoms with Crippen LogP contribution in [0.15, 0.2) is 17.0 Å². The highest BCUT2D eigenvalue weighted by atomic mass is 32.2. The molecule has 1 aliphatic carbocycles. The Balaban J connectivity index is 2.30. The molecule has 1 aromatic rings. The largest absolute Gasteiger partial charge is 0.241 e. The van der Waals surface area contributed by atoms with Crippen molar-refractivity contribution in [2.24, 2.45) is 5.92 Å². The van der Waals surface area contributed by atoms with Gasteiger partial charge in [0.05, 0.1) is 4.90 Å². The summed E-state index contributed by atoms with van der Waals surface area (Å²) in [7, 11) is -3.60. The van der Waals surface area contributed by atoms with Crippen LogP contribution in [0.1, 0.15) is 50.2 Å². The van der Waals surface area contributed by atoms with Crippen molar-refractivity contribution in [3.8, 4) is 0 Å². The van der Waals surface area contributed by atoms with Gasteiger partial charge in [0.25, 0.3) is 0 Å². The average molecular weight is 313 g/mol. The molecule has 1 aliphatic rings. The SMILES string of the molecule is CCC1CCCCC1NS(=O)(=O)c1c(C)cc(F)cc1C. The first kappa shape index (κ1) is 16.4. The van der Waals surface area contributed by atoms with Crippen LogP contribution in [0.4, 0.5) is 4.39 Å². The smallest absolute Gasteiger partial charge is 0.208 e. The second-order valence-corrected chi connectivity index (χ2v) is 7.70. The minimum Gasteiger partial charge on any atom is -0.208 e. The van der Waals surface area contributed by atoms with Gasteiger partial charge in [0.15, 0.2) is 0 Å². The summed E-state index contributed by atoms with van der Waals surface area (Å²) in [4.78, 5) is 0.226. The van der Waals surface area contributed by atoms with E-state index in [1.807, 2.05) is 0 Å². The minimum atomic E-state index is -3.60. The number of rotatable bonds is 4. The first-order valence-electron chi connectivity index (χ1n) is 7.64. The molecule has 1 aromatic carbocycles. The molecule has 21 heavy (non-hydrogen) atoms. The summed E-state index contributed by atoms with van der Waals surface area (Å²) < 4.78 is 41.6. The van der Waals surface area contributed by atoms with Gasteiger partial charge >= 0.3 is 0 Å². The number of benzene rings is 1. The lowest BCUT2D eigenvalue weighted by Crippen LogP contribution is -2.42. The van der Waals surface area contributed by atoms with Crippen LogP contribution in [0.5, 0.6) is 0 Å². The van der Waals surface area contributed by atoms with Crippen LogP contribution >= 0.6 is 0 Å². The molecule has 3 nitrogen and oxygen atoms in total. The number of halogens is 1. The predicted molar refractivity (Wildman–Crippen MR) is 82.2 cm³/mol. The van der Waals surface area contributed by atoms with Gasteiger partial charge in [0, 0.05) is 6.04 Å². The summed E-state index contributed by atoms with van der Waals surface area (Å²) in [6.45, 7) is 5.39. The predicted octanol–water partition coefficient (Wildman–Crippen LogP) is 3.69. The number of sulfonamides is 1. The maximum absolute atomic E-state index is 13.4. The van der Waals surface area contributed by atoms with Gasteiger partial charge in [-0.2, -0.15) is 0 Å². The molecule has 0 aliphatic heterocycles. The van der Waals surface area contributed by atoms with E-state index in [0.717, 1.165) is 25.7 Å². The van der Waals surface area contributed by atoms with Crippen molar-refractivity contribution in [1.29, 1.82) is 0 Å². The Bertz CT molecular complexity index is 590. The number of aryl methyl sites for hydroxylation is 2. The van der Waals surface area contributed by atoms with Gasteiger partial charge in [-0.3, -0.25) is 0 Å². The quantitative estimate of drug-likeness (QED) is 0.921. The highest BCUT2D eigenvalue weighted by Crippen LogP contribution is 2.29.